The lowest BCUT2D eigenvalue weighted by atomic mass is 9.86. The number of carbonyl (C=O) groups is 2. The van der Waals surface area contributed by atoms with Gasteiger partial charge in [-0.3, -0.25) is 9.59 Å². The van der Waals surface area contributed by atoms with Crippen molar-refractivity contribution in [2.24, 2.45) is 0 Å². The fraction of sp³-hybridized carbons (Fsp3) is 0.333. The van der Waals surface area contributed by atoms with Gasteiger partial charge in [0.2, 0.25) is 5.91 Å². The normalized spacial score (nSPS) is 15.4. The number of aromatic nitrogens is 1. The summed E-state index contributed by atoms with van der Waals surface area (Å²) < 4.78 is 0. The molecule has 2 N–H and O–H groups in total. The van der Waals surface area contributed by atoms with E-state index in [1.165, 1.54) is 22.1 Å². The van der Waals surface area contributed by atoms with Crippen molar-refractivity contribution in [2.45, 2.75) is 45.6 Å². The molecule has 1 aliphatic heterocycles. The lowest BCUT2D eigenvalue weighted by molar-refractivity contribution is -0.132. The lowest BCUT2D eigenvalue weighted by Gasteiger charge is -2.29. The Morgan fingerprint density at radius 2 is 1.78 bits per heavy atom. The number of rotatable bonds is 4. The molecule has 5 nitrogen and oxygen atoms in total. The molecule has 0 fully saturated rings. The zero-order valence-corrected chi connectivity index (χ0v) is 19.2. The first-order valence-electron chi connectivity index (χ1n) is 11.2. The van der Waals surface area contributed by atoms with E-state index in [4.69, 9.17) is 0 Å². The molecule has 2 amide bonds. The Morgan fingerprint density at radius 1 is 1.06 bits per heavy atom. The summed E-state index contributed by atoms with van der Waals surface area (Å²) in [6.45, 7) is 9.36. The third-order valence-corrected chi connectivity index (χ3v) is 6.19. The van der Waals surface area contributed by atoms with Crippen molar-refractivity contribution in [3.05, 3.63) is 77.5 Å². The van der Waals surface area contributed by atoms with E-state index in [9.17, 15) is 9.59 Å². The number of H-pyrrole nitrogens is 1. The highest BCUT2D eigenvalue weighted by molar-refractivity contribution is 5.98. The molecule has 0 aliphatic carbocycles. The molecule has 0 bridgehead atoms. The van der Waals surface area contributed by atoms with Gasteiger partial charge in [0.05, 0.1) is 0 Å². The smallest absolute Gasteiger partial charge is 0.251 e. The minimum atomic E-state index is -0.576. The second-order valence-corrected chi connectivity index (χ2v) is 9.53. The van der Waals surface area contributed by atoms with Crippen LogP contribution >= 0.6 is 0 Å². The van der Waals surface area contributed by atoms with Gasteiger partial charge >= 0.3 is 0 Å². The van der Waals surface area contributed by atoms with Crippen LogP contribution in [0.25, 0.3) is 16.5 Å². The molecular formula is C27H31N3O2. The van der Waals surface area contributed by atoms with E-state index in [0.29, 0.717) is 18.7 Å². The van der Waals surface area contributed by atoms with E-state index in [-0.39, 0.29) is 17.2 Å². The summed E-state index contributed by atoms with van der Waals surface area (Å²) in [4.78, 5) is 30.7. The second kappa shape index (κ2) is 8.65. The number of fused-ring (bicyclic) bond motifs is 1. The third kappa shape index (κ3) is 4.47. The maximum absolute atomic E-state index is 12.9. The van der Waals surface area contributed by atoms with Crippen molar-refractivity contribution in [3.8, 4) is 0 Å². The van der Waals surface area contributed by atoms with E-state index in [2.05, 4.69) is 49.3 Å². The molecule has 32 heavy (non-hydrogen) atoms. The Morgan fingerprint density at radius 3 is 2.44 bits per heavy atom. The highest BCUT2D eigenvalue weighted by Crippen LogP contribution is 2.29. The Bertz CT molecular complexity index is 1170. The molecule has 3 aromatic rings. The van der Waals surface area contributed by atoms with Crippen LogP contribution in [0.15, 0.2) is 60.8 Å². The monoisotopic (exact) mass is 429 g/mol. The predicted molar refractivity (Wildman–Crippen MR) is 130 cm³/mol. The van der Waals surface area contributed by atoms with Crippen LogP contribution in [0.5, 0.6) is 0 Å². The van der Waals surface area contributed by atoms with Gasteiger partial charge in [-0.2, -0.15) is 0 Å². The van der Waals surface area contributed by atoms with Crippen molar-refractivity contribution in [1.82, 2.24) is 15.2 Å². The minimum absolute atomic E-state index is 0.0333. The van der Waals surface area contributed by atoms with Gasteiger partial charge in [0.15, 0.2) is 0 Å². The van der Waals surface area contributed by atoms with E-state index in [1.54, 1.807) is 6.92 Å². The van der Waals surface area contributed by atoms with Crippen LogP contribution < -0.4 is 5.32 Å². The number of aromatic amines is 1. The largest absolute Gasteiger partial charge is 0.361 e. The molecule has 2 aromatic carbocycles. The first-order chi connectivity index (χ1) is 15.2. The Labute approximate surface area is 189 Å². The Hall–Kier alpha value is -3.34. The van der Waals surface area contributed by atoms with E-state index >= 15 is 0 Å². The van der Waals surface area contributed by atoms with Crippen molar-refractivity contribution in [3.63, 3.8) is 0 Å². The number of carbonyl (C=O) groups excluding carboxylic acids is 2. The topological polar surface area (TPSA) is 65.2 Å². The van der Waals surface area contributed by atoms with Crippen LogP contribution in [0.1, 0.15) is 55.6 Å². The van der Waals surface area contributed by atoms with Crippen LogP contribution in [-0.4, -0.2) is 40.8 Å². The summed E-state index contributed by atoms with van der Waals surface area (Å²) in [5, 5.41) is 4.06. The summed E-state index contributed by atoms with van der Waals surface area (Å²) in [6, 6.07) is 15.3. The summed E-state index contributed by atoms with van der Waals surface area (Å²) in [7, 11) is 0. The van der Waals surface area contributed by atoms with Crippen molar-refractivity contribution in [2.75, 3.05) is 13.1 Å². The molecule has 0 saturated heterocycles. The summed E-state index contributed by atoms with van der Waals surface area (Å²) in [5.41, 5.74) is 5.34. The average molecular weight is 430 g/mol. The van der Waals surface area contributed by atoms with Gasteiger partial charge in [-0.05, 0) is 48.1 Å². The number of amides is 2. The van der Waals surface area contributed by atoms with Crippen LogP contribution in [0.4, 0.5) is 0 Å². The van der Waals surface area contributed by atoms with Gasteiger partial charge in [-0.15, -0.1) is 0 Å². The van der Waals surface area contributed by atoms with E-state index in [0.717, 1.165) is 11.9 Å². The fourth-order valence-electron chi connectivity index (χ4n) is 4.19. The molecule has 1 aromatic heterocycles. The van der Waals surface area contributed by atoms with Crippen LogP contribution in [0, 0.1) is 0 Å². The number of hydrogen-bond donors (Lipinski definition) is 2. The van der Waals surface area contributed by atoms with Gasteiger partial charge in [-0.25, -0.2) is 0 Å². The van der Waals surface area contributed by atoms with E-state index in [1.807, 2.05) is 47.5 Å². The molecular weight excluding hydrogens is 398 g/mol. The molecule has 0 radical (unpaired) electrons. The molecule has 4 rings (SSSR count). The Balaban J connectivity index is 1.38. The van der Waals surface area contributed by atoms with Gasteiger partial charge in [0.1, 0.15) is 6.04 Å². The fourth-order valence-corrected chi connectivity index (χ4v) is 4.19. The van der Waals surface area contributed by atoms with Crippen molar-refractivity contribution in [1.29, 1.82) is 0 Å². The first-order valence-corrected chi connectivity index (χ1v) is 11.2. The quantitative estimate of drug-likeness (QED) is 0.620. The second-order valence-electron chi connectivity index (χ2n) is 9.53. The number of hydrogen-bond acceptors (Lipinski definition) is 2. The van der Waals surface area contributed by atoms with Gasteiger partial charge < -0.3 is 15.2 Å². The highest BCUT2D eigenvalue weighted by atomic mass is 16.2. The molecule has 1 aliphatic rings. The summed E-state index contributed by atoms with van der Waals surface area (Å²) in [5.74, 6) is -0.280. The molecule has 0 unspecified atom stereocenters. The third-order valence-electron chi connectivity index (χ3n) is 6.19. The molecule has 2 heterocycles. The van der Waals surface area contributed by atoms with Crippen LogP contribution in [-0.2, 0) is 10.2 Å². The van der Waals surface area contributed by atoms with Gasteiger partial charge in [0, 0.05) is 41.3 Å². The van der Waals surface area contributed by atoms with Crippen molar-refractivity contribution < 1.29 is 9.59 Å². The zero-order chi connectivity index (χ0) is 22.9. The number of benzene rings is 2. The van der Waals surface area contributed by atoms with Crippen LogP contribution in [0.2, 0.25) is 0 Å². The molecule has 1 atom stereocenters. The molecule has 0 spiro atoms. The van der Waals surface area contributed by atoms with Gasteiger partial charge in [0.25, 0.3) is 5.91 Å². The minimum Gasteiger partial charge on any atom is -0.361 e. The zero-order valence-electron chi connectivity index (χ0n) is 19.2. The number of nitrogens with one attached hydrogen (secondary N) is 2. The van der Waals surface area contributed by atoms with Crippen LogP contribution in [0.3, 0.4) is 0 Å². The first kappa shape index (κ1) is 21.9. The Kier molecular flexibility index (Phi) is 5.92. The predicted octanol–water partition coefficient (Wildman–Crippen LogP) is 4.90. The molecule has 5 heteroatoms. The summed E-state index contributed by atoms with van der Waals surface area (Å²) in [6.07, 6.45) is 4.96. The maximum Gasteiger partial charge on any atom is 0.251 e. The van der Waals surface area contributed by atoms with Crippen molar-refractivity contribution >= 4 is 28.3 Å². The number of para-hydroxylation sites is 1. The van der Waals surface area contributed by atoms with Gasteiger partial charge in [-0.1, -0.05) is 57.2 Å². The summed E-state index contributed by atoms with van der Waals surface area (Å²) >= 11 is 0. The highest BCUT2D eigenvalue weighted by Gasteiger charge is 2.25. The molecule has 0 saturated carbocycles. The lowest BCUT2D eigenvalue weighted by Crippen LogP contribution is -2.48. The molecule has 166 valence electrons. The maximum atomic E-state index is 12.9. The number of nitrogens with zero attached hydrogens (tertiary/aromatic N) is 1. The average Bonchev–Trinajstić information content (AvgIpc) is 3.22. The SMILES string of the molecule is C[C@H](NC(=O)c1ccc(C(C)(C)C)cc1)C(=O)N1CC=C(c2c[nH]c3ccccc23)CC1. The van der Waals surface area contributed by atoms with E-state index < -0.39 is 6.04 Å². The standard InChI is InChI=1S/C27H31N3O2/c1-18(29-25(31)20-9-11-21(12-10-20)27(2,3)4)26(32)30-15-13-19(14-16-30)23-17-28-24-8-6-5-7-22(23)24/h5-13,17-18,28H,14-16H2,1-4H3,(H,29,31)/t18-/m0/s1.